The maximum atomic E-state index is 6.34. The molecule has 0 aliphatic rings. The molecule has 0 radical (unpaired) electrons. The Morgan fingerprint density at radius 3 is 1.95 bits per heavy atom. The predicted molar refractivity (Wildman–Crippen MR) is 92.1 cm³/mol. The predicted octanol–water partition coefficient (Wildman–Crippen LogP) is 4.99. The molecule has 0 spiro atoms. The van der Waals surface area contributed by atoms with Gasteiger partial charge in [-0.3, -0.25) is 0 Å². The topological polar surface area (TPSA) is 18.5 Å². The van der Waals surface area contributed by atoms with E-state index in [1.54, 1.807) is 7.11 Å². The maximum Gasteiger partial charge on any atom is 0.241 e. The van der Waals surface area contributed by atoms with Crippen molar-refractivity contribution in [2.45, 2.75) is 45.4 Å². The molecule has 1 aromatic carbocycles. The highest BCUT2D eigenvalue weighted by atomic mass is 28.4. The van der Waals surface area contributed by atoms with Crippen LogP contribution in [-0.2, 0) is 9.16 Å². The van der Waals surface area contributed by atoms with Crippen LogP contribution < -0.4 is 0 Å². The summed E-state index contributed by atoms with van der Waals surface area (Å²) in [6, 6.07) is 10.3. The van der Waals surface area contributed by atoms with Crippen LogP contribution in [0.4, 0.5) is 0 Å². The van der Waals surface area contributed by atoms with Crippen molar-refractivity contribution in [2.75, 3.05) is 7.11 Å². The van der Waals surface area contributed by atoms with Crippen LogP contribution in [0.5, 0.6) is 0 Å². The zero-order valence-electron chi connectivity index (χ0n) is 13.9. The average molecular weight is 309 g/mol. The first-order valence-electron chi connectivity index (χ1n) is 7.12. The van der Waals surface area contributed by atoms with E-state index in [1.807, 2.05) is 18.2 Å². The van der Waals surface area contributed by atoms with Crippen LogP contribution >= 0.6 is 0 Å². The van der Waals surface area contributed by atoms with Crippen LogP contribution in [-0.4, -0.2) is 23.5 Å². The third-order valence-corrected chi connectivity index (χ3v) is 5.62. The van der Waals surface area contributed by atoms with Crippen LogP contribution in [0.2, 0.25) is 39.3 Å². The maximum absolute atomic E-state index is 6.34. The van der Waals surface area contributed by atoms with Crippen molar-refractivity contribution >= 4 is 16.4 Å². The first-order chi connectivity index (χ1) is 9.13. The molecule has 0 aliphatic heterocycles. The molecule has 20 heavy (non-hydrogen) atoms. The summed E-state index contributed by atoms with van der Waals surface area (Å²) in [5.74, 6) is 0. The molecule has 0 aromatic heterocycles. The van der Waals surface area contributed by atoms with Gasteiger partial charge in [-0.2, -0.15) is 0 Å². The Bertz CT molecular complexity index is 442. The van der Waals surface area contributed by atoms with Crippen molar-refractivity contribution in [1.82, 2.24) is 0 Å². The summed E-state index contributed by atoms with van der Waals surface area (Å²) in [5.41, 5.74) is 1.17. The lowest BCUT2D eigenvalue weighted by molar-refractivity contribution is 0.140. The van der Waals surface area contributed by atoms with Crippen LogP contribution in [0.1, 0.15) is 11.7 Å². The lowest BCUT2D eigenvalue weighted by atomic mass is 10.1. The minimum atomic E-state index is -1.60. The van der Waals surface area contributed by atoms with E-state index in [1.165, 1.54) is 5.56 Å². The first kappa shape index (κ1) is 17.2. The number of benzene rings is 1. The molecule has 0 saturated heterocycles. The van der Waals surface area contributed by atoms with Crippen molar-refractivity contribution in [3.63, 3.8) is 0 Å². The second kappa shape index (κ2) is 6.74. The Kier molecular flexibility index (Phi) is 5.80. The highest BCUT2D eigenvalue weighted by molar-refractivity contribution is 6.84. The summed E-state index contributed by atoms with van der Waals surface area (Å²) >= 11 is 0. The van der Waals surface area contributed by atoms with E-state index in [-0.39, 0.29) is 6.10 Å². The van der Waals surface area contributed by atoms with Gasteiger partial charge in [0.1, 0.15) is 14.2 Å². The molecule has 0 N–H and O–H groups in total. The highest BCUT2D eigenvalue weighted by Crippen LogP contribution is 2.26. The van der Waals surface area contributed by atoms with Gasteiger partial charge >= 0.3 is 0 Å². The molecule has 0 saturated carbocycles. The molecule has 0 bridgehead atoms. The molecular weight excluding hydrogens is 280 g/mol. The Hall–Kier alpha value is -0.846. The van der Waals surface area contributed by atoms with Crippen molar-refractivity contribution in [2.24, 2.45) is 0 Å². The first-order valence-corrected chi connectivity index (χ1v) is 14.0. The van der Waals surface area contributed by atoms with Crippen LogP contribution in [0.25, 0.3) is 0 Å². The lowest BCUT2D eigenvalue weighted by Crippen LogP contribution is -2.35. The molecule has 1 rings (SSSR count). The molecule has 0 aliphatic carbocycles. The van der Waals surface area contributed by atoms with Gasteiger partial charge < -0.3 is 9.16 Å². The van der Waals surface area contributed by atoms with Crippen molar-refractivity contribution in [3.8, 4) is 0 Å². The second-order valence-electron chi connectivity index (χ2n) is 7.06. The molecule has 0 heterocycles. The third-order valence-electron chi connectivity index (χ3n) is 2.84. The van der Waals surface area contributed by atoms with E-state index >= 15 is 0 Å². The molecule has 1 aromatic rings. The van der Waals surface area contributed by atoms with Crippen LogP contribution in [0.3, 0.4) is 0 Å². The standard InChI is InChI=1S/C16H28O2Si2/c1-17-15(14-11-9-8-10-12-14)13-16(19(2,3)4)18-20(5,6)7/h8-13,15H,1-7H3/b16-13-. The number of hydrogen-bond donors (Lipinski definition) is 0. The number of ether oxygens (including phenoxy) is 1. The largest absolute Gasteiger partial charge is 0.551 e. The zero-order valence-corrected chi connectivity index (χ0v) is 15.9. The monoisotopic (exact) mass is 308 g/mol. The zero-order chi connectivity index (χ0) is 15.4. The average Bonchev–Trinajstić information content (AvgIpc) is 2.32. The van der Waals surface area contributed by atoms with Crippen LogP contribution in [0, 0.1) is 0 Å². The fraction of sp³-hybridized carbons (Fsp3) is 0.500. The van der Waals surface area contributed by atoms with Gasteiger partial charge in [-0.05, 0) is 31.3 Å². The van der Waals surface area contributed by atoms with Crippen molar-refractivity contribution < 1.29 is 9.16 Å². The molecule has 0 amide bonds. The van der Waals surface area contributed by atoms with E-state index in [0.717, 1.165) is 5.38 Å². The fourth-order valence-electron chi connectivity index (χ4n) is 1.85. The van der Waals surface area contributed by atoms with Crippen molar-refractivity contribution in [3.05, 3.63) is 47.4 Å². The van der Waals surface area contributed by atoms with Gasteiger partial charge in [-0.1, -0.05) is 50.0 Å². The van der Waals surface area contributed by atoms with Gasteiger partial charge in [0, 0.05) is 7.11 Å². The highest BCUT2D eigenvalue weighted by Gasteiger charge is 2.28. The fourth-order valence-corrected chi connectivity index (χ4v) is 5.37. The van der Waals surface area contributed by atoms with Gasteiger partial charge in [0.25, 0.3) is 0 Å². The minimum absolute atomic E-state index is 0.0331. The van der Waals surface area contributed by atoms with E-state index in [2.05, 4.69) is 57.5 Å². The smallest absolute Gasteiger partial charge is 0.241 e. The third kappa shape index (κ3) is 5.65. The Morgan fingerprint density at radius 2 is 1.55 bits per heavy atom. The Labute approximate surface area is 126 Å². The summed E-state index contributed by atoms with van der Waals surface area (Å²) < 4.78 is 12.0. The van der Waals surface area contributed by atoms with Gasteiger partial charge in [0.05, 0.1) is 5.38 Å². The summed E-state index contributed by atoms with van der Waals surface area (Å²) in [5, 5.41) is 1.16. The summed E-state index contributed by atoms with van der Waals surface area (Å²) in [6.07, 6.45) is 2.15. The van der Waals surface area contributed by atoms with Gasteiger partial charge in [0.2, 0.25) is 8.32 Å². The molecule has 0 fully saturated rings. The molecule has 112 valence electrons. The molecule has 2 nitrogen and oxygen atoms in total. The normalized spacial score (nSPS) is 15.1. The Morgan fingerprint density at radius 1 is 1.00 bits per heavy atom. The van der Waals surface area contributed by atoms with E-state index < -0.39 is 16.4 Å². The summed E-state index contributed by atoms with van der Waals surface area (Å²) in [6.45, 7) is 13.6. The van der Waals surface area contributed by atoms with E-state index in [4.69, 9.17) is 9.16 Å². The molecule has 4 heteroatoms. The molecule has 1 unspecified atom stereocenters. The second-order valence-corrected chi connectivity index (χ2v) is 16.5. The van der Waals surface area contributed by atoms with E-state index in [9.17, 15) is 0 Å². The van der Waals surface area contributed by atoms with Crippen LogP contribution in [0.15, 0.2) is 41.8 Å². The molecular formula is C16H28O2Si2. The van der Waals surface area contributed by atoms with Gasteiger partial charge in [0.15, 0.2) is 0 Å². The van der Waals surface area contributed by atoms with E-state index in [0.29, 0.717) is 0 Å². The lowest BCUT2D eigenvalue weighted by Gasteiger charge is -2.30. The Balaban J connectivity index is 3.10. The SMILES string of the molecule is COC(/C=C(/O[Si](C)(C)C)[Si](C)(C)C)c1ccccc1. The quantitative estimate of drug-likeness (QED) is 0.544. The number of methoxy groups -OCH3 is 1. The number of rotatable bonds is 6. The van der Waals surface area contributed by atoms with Gasteiger partial charge in [-0.15, -0.1) is 0 Å². The summed E-state index contributed by atoms with van der Waals surface area (Å²) in [7, 11) is -1.36. The number of hydrogen-bond acceptors (Lipinski definition) is 2. The van der Waals surface area contributed by atoms with Gasteiger partial charge in [-0.25, -0.2) is 0 Å². The molecule has 1 atom stereocenters. The van der Waals surface area contributed by atoms with Crippen molar-refractivity contribution in [1.29, 1.82) is 0 Å². The minimum Gasteiger partial charge on any atom is -0.551 e. The summed E-state index contributed by atoms with van der Waals surface area (Å²) in [4.78, 5) is 0.